The van der Waals surface area contributed by atoms with Crippen LogP contribution in [0.2, 0.25) is 0 Å². The standard InChI is InChI=1S/C16H18F2N2S/c1-16(2)7-11(19)13-12(8-16)20-15(21-13)10-5-3-4-9(6-10)14(17)18/h3-6,11,14H,7-8,19H2,1-2H3. The molecule has 2 N–H and O–H groups in total. The first kappa shape index (κ1) is 14.6. The SMILES string of the molecule is CC1(C)Cc2nc(-c3cccc(C(F)F)c3)sc2C(N)C1. The Kier molecular flexibility index (Phi) is 3.58. The molecule has 0 fully saturated rings. The van der Waals surface area contributed by atoms with Gasteiger partial charge in [-0.05, 0) is 24.3 Å². The smallest absolute Gasteiger partial charge is 0.263 e. The Morgan fingerprint density at radius 3 is 2.86 bits per heavy atom. The number of rotatable bonds is 2. The van der Waals surface area contributed by atoms with Gasteiger partial charge in [-0.3, -0.25) is 0 Å². The molecule has 5 heteroatoms. The molecule has 1 aliphatic carbocycles. The van der Waals surface area contributed by atoms with E-state index in [1.807, 2.05) is 6.07 Å². The van der Waals surface area contributed by atoms with E-state index >= 15 is 0 Å². The quantitative estimate of drug-likeness (QED) is 0.872. The van der Waals surface area contributed by atoms with Crippen LogP contribution in [0.1, 0.15) is 48.9 Å². The van der Waals surface area contributed by atoms with Crippen LogP contribution in [0, 0.1) is 5.41 Å². The lowest BCUT2D eigenvalue weighted by Crippen LogP contribution is -2.28. The van der Waals surface area contributed by atoms with Crippen molar-refractivity contribution in [2.75, 3.05) is 0 Å². The summed E-state index contributed by atoms with van der Waals surface area (Å²) in [5.41, 5.74) is 8.19. The minimum absolute atomic E-state index is 0.00622. The lowest BCUT2D eigenvalue weighted by molar-refractivity contribution is 0.151. The van der Waals surface area contributed by atoms with Crippen LogP contribution >= 0.6 is 11.3 Å². The number of nitrogens with two attached hydrogens (primary N) is 1. The monoisotopic (exact) mass is 308 g/mol. The normalized spacial score (nSPS) is 20.6. The summed E-state index contributed by atoms with van der Waals surface area (Å²) in [6.45, 7) is 4.37. The Morgan fingerprint density at radius 1 is 1.38 bits per heavy atom. The van der Waals surface area contributed by atoms with Crippen LogP contribution in [0.4, 0.5) is 8.78 Å². The predicted octanol–water partition coefficient (Wildman–Crippen LogP) is 4.72. The van der Waals surface area contributed by atoms with Gasteiger partial charge >= 0.3 is 0 Å². The van der Waals surface area contributed by atoms with E-state index in [-0.39, 0.29) is 17.0 Å². The average molecular weight is 308 g/mol. The van der Waals surface area contributed by atoms with Crippen molar-refractivity contribution in [1.29, 1.82) is 0 Å². The highest BCUT2D eigenvalue weighted by atomic mass is 32.1. The molecule has 0 radical (unpaired) electrons. The zero-order chi connectivity index (χ0) is 15.2. The van der Waals surface area contributed by atoms with Gasteiger partial charge in [-0.1, -0.05) is 32.0 Å². The molecule has 0 bridgehead atoms. The lowest BCUT2D eigenvalue weighted by Gasteiger charge is -2.32. The molecule has 1 unspecified atom stereocenters. The predicted molar refractivity (Wildman–Crippen MR) is 81.5 cm³/mol. The summed E-state index contributed by atoms with van der Waals surface area (Å²) in [6, 6.07) is 6.43. The van der Waals surface area contributed by atoms with E-state index in [1.165, 1.54) is 23.5 Å². The maximum Gasteiger partial charge on any atom is 0.263 e. The summed E-state index contributed by atoms with van der Waals surface area (Å²) < 4.78 is 25.6. The zero-order valence-electron chi connectivity index (χ0n) is 12.1. The Hall–Kier alpha value is -1.33. The van der Waals surface area contributed by atoms with E-state index in [2.05, 4.69) is 18.8 Å². The molecule has 1 aromatic heterocycles. The summed E-state index contributed by atoms with van der Waals surface area (Å²) in [5.74, 6) is 0. The molecule has 1 atom stereocenters. The molecule has 1 heterocycles. The summed E-state index contributed by atoms with van der Waals surface area (Å²) in [6.07, 6.45) is -0.638. The Bertz CT molecular complexity index is 664. The molecular weight excluding hydrogens is 290 g/mol. The van der Waals surface area contributed by atoms with E-state index in [4.69, 9.17) is 5.73 Å². The second-order valence-corrected chi connectivity index (χ2v) is 7.44. The van der Waals surface area contributed by atoms with Crippen LogP contribution in [0.15, 0.2) is 24.3 Å². The molecule has 0 spiro atoms. The fraction of sp³-hybridized carbons (Fsp3) is 0.438. The van der Waals surface area contributed by atoms with Crippen molar-refractivity contribution < 1.29 is 8.78 Å². The molecule has 1 aliphatic rings. The zero-order valence-corrected chi connectivity index (χ0v) is 12.9. The fourth-order valence-corrected chi connectivity index (χ4v) is 4.00. The van der Waals surface area contributed by atoms with Gasteiger partial charge in [-0.15, -0.1) is 11.3 Å². The largest absolute Gasteiger partial charge is 0.323 e. The Balaban J connectivity index is 2.00. The number of hydrogen-bond acceptors (Lipinski definition) is 3. The van der Waals surface area contributed by atoms with E-state index in [1.54, 1.807) is 6.07 Å². The molecule has 2 nitrogen and oxygen atoms in total. The minimum atomic E-state index is -2.46. The van der Waals surface area contributed by atoms with Crippen molar-refractivity contribution in [2.45, 2.75) is 39.2 Å². The maximum absolute atomic E-state index is 12.8. The highest BCUT2D eigenvalue weighted by Crippen LogP contribution is 2.43. The van der Waals surface area contributed by atoms with Gasteiger partial charge in [-0.25, -0.2) is 13.8 Å². The lowest BCUT2D eigenvalue weighted by atomic mass is 9.77. The van der Waals surface area contributed by atoms with Gasteiger partial charge in [0.25, 0.3) is 6.43 Å². The topological polar surface area (TPSA) is 38.9 Å². The van der Waals surface area contributed by atoms with E-state index in [9.17, 15) is 8.78 Å². The van der Waals surface area contributed by atoms with Crippen LogP contribution in [0.25, 0.3) is 10.6 Å². The molecule has 3 rings (SSSR count). The molecule has 0 aliphatic heterocycles. The molecule has 0 saturated heterocycles. The second kappa shape index (κ2) is 5.14. The van der Waals surface area contributed by atoms with Gasteiger partial charge in [0.2, 0.25) is 0 Å². The first-order valence-electron chi connectivity index (χ1n) is 6.99. The molecular formula is C16H18F2N2S. The van der Waals surface area contributed by atoms with Crippen molar-refractivity contribution in [3.05, 3.63) is 40.4 Å². The van der Waals surface area contributed by atoms with Gasteiger partial charge in [0.05, 0.1) is 5.69 Å². The minimum Gasteiger partial charge on any atom is -0.323 e. The Morgan fingerprint density at radius 2 is 2.14 bits per heavy atom. The Labute approximate surface area is 127 Å². The molecule has 112 valence electrons. The third-order valence-electron chi connectivity index (χ3n) is 3.87. The summed E-state index contributed by atoms with van der Waals surface area (Å²) in [5, 5.41) is 0.788. The second-order valence-electron chi connectivity index (χ2n) is 6.41. The van der Waals surface area contributed by atoms with Crippen molar-refractivity contribution in [1.82, 2.24) is 4.98 Å². The molecule has 1 aromatic carbocycles. The van der Waals surface area contributed by atoms with Gasteiger partial charge in [0.1, 0.15) is 5.01 Å². The van der Waals surface area contributed by atoms with Crippen molar-refractivity contribution in [3.8, 4) is 10.6 Å². The first-order chi connectivity index (χ1) is 9.85. The van der Waals surface area contributed by atoms with Crippen molar-refractivity contribution in [3.63, 3.8) is 0 Å². The summed E-state index contributed by atoms with van der Waals surface area (Å²) in [7, 11) is 0. The molecule has 21 heavy (non-hydrogen) atoms. The maximum atomic E-state index is 12.8. The van der Waals surface area contributed by atoms with Crippen LogP contribution in [-0.4, -0.2) is 4.98 Å². The number of fused-ring (bicyclic) bond motifs is 1. The van der Waals surface area contributed by atoms with Gasteiger partial charge in [0, 0.05) is 22.0 Å². The fourth-order valence-electron chi connectivity index (χ4n) is 2.92. The number of alkyl halides is 2. The van der Waals surface area contributed by atoms with Crippen LogP contribution in [0.3, 0.4) is 0 Å². The third-order valence-corrected chi connectivity index (χ3v) is 5.15. The molecule has 0 saturated carbocycles. The number of benzene rings is 1. The highest BCUT2D eigenvalue weighted by molar-refractivity contribution is 7.15. The highest BCUT2D eigenvalue weighted by Gasteiger charge is 2.33. The molecule has 0 amide bonds. The van der Waals surface area contributed by atoms with E-state index < -0.39 is 6.43 Å². The van der Waals surface area contributed by atoms with Gasteiger partial charge < -0.3 is 5.73 Å². The van der Waals surface area contributed by atoms with Crippen LogP contribution in [0.5, 0.6) is 0 Å². The third kappa shape index (κ3) is 2.85. The number of hydrogen-bond donors (Lipinski definition) is 1. The van der Waals surface area contributed by atoms with Crippen molar-refractivity contribution in [2.24, 2.45) is 11.1 Å². The summed E-state index contributed by atoms with van der Waals surface area (Å²) in [4.78, 5) is 5.76. The van der Waals surface area contributed by atoms with Crippen molar-refractivity contribution >= 4 is 11.3 Å². The number of thiazole rings is 1. The number of nitrogens with zero attached hydrogens (tertiary/aromatic N) is 1. The average Bonchev–Trinajstić information content (AvgIpc) is 2.81. The van der Waals surface area contributed by atoms with Crippen LogP contribution < -0.4 is 5.73 Å². The molecule has 2 aromatic rings. The van der Waals surface area contributed by atoms with E-state index in [0.29, 0.717) is 0 Å². The van der Waals surface area contributed by atoms with E-state index in [0.717, 1.165) is 34.0 Å². The number of halogens is 2. The first-order valence-corrected chi connectivity index (χ1v) is 7.81. The summed E-state index contributed by atoms with van der Waals surface area (Å²) >= 11 is 1.54. The van der Waals surface area contributed by atoms with Gasteiger partial charge in [0.15, 0.2) is 0 Å². The van der Waals surface area contributed by atoms with Crippen LogP contribution in [-0.2, 0) is 6.42 Å². The number of aromatic nitrogens is 1. The van der Waals surface area contributed by atoms with Gasteiger partial charge in [-0.2, -0.15) is 0 Å².